The molecule has 1 aromatic heterocycles. The number of nitrogens with zero attached hydrogens (tertiary/aromatic N) is 2. The molecule has 1 heterocycles. The number of rotatable bonds is 7. The molecule has 32 heavy (non-hydrogen) atoms. The Hall–Kier alpha value is -3.41. The van der Waals surface area contributed by atoms with Gasteiger partial charge in [0, 0.05) is 12.6 Å². The van der Waals surface area contributed by atoms with E-state index < -0.39 is 6.04 Å². The fourth-order valence-corrected chi connectivity index (χ4v) is 4.45. The smallest absolute Gasteiger partial charge is 0.260 e. The van der Waals surface area contributed by atoms with Crippen molar-refractivity contribution in [3.8, 4) is 0 Å². The summed E-state index contributed by atoms with van der Waals surface area (Å²) in [6.07, 6.45) is 4.19. The van der Waals surface area contributed by atoms with Crippen molar-refractivity contribution in [1.29, 1.82) is 0 Å². The Bertz CT molecular complexity index is 1040. The molecule has 0 radical (unpaired) electrons. The van der Waals surface area contributed by atoms with Gasteiger partial charge in [0.05, 0.1) is 5.69 Å². The first-order valence-electron chi connectivity index (χ1n) is 11.2. The first-order chi connectivity index (χ1) is 15.5. The van der Waals surface area contributed by atoms with E-state index in [0.29, 0.717) is 23.6 Å². The fourth-order valence-electron chi connectivity index (χ4n) is 4.45. The van der Waals surface area contributed by atoms with E-state index in [0.717, 1.165) is 36.8 Å². The average molecular weight is 432 g/mol. The first-order valence-corrected chi connectivity index (χ1v) is 11.2. The van der Waals surface area contributed by atoms with Crippen molar-refractivity contribution < 1.29 is 14.1 Å². The van der Waals surface area contributed by atoms with Crippen molar-refractivity contribution in [3.63, 3.8) is 0 Å². The van der Waals surface area contributed by atoms with Crippen LogP contribution in [0.3, 0.4) is 0 Å². The Labute approximate surface area is 188 Å². The van der Waals surface area contributed by atoms with Crippen molar-refractivity contribution >= 4 is 11.8 Å². The van der Waals surface area contributed by atoms with Gasteiger partial charge in [-0.05, 0) is 37.8 Å². The van der Waals surface area contributed by atoms with Gasteiger partial charge in [0.1, 0.15) is 17.4 Å². The normalized spacial score (nSPS) is 14.8. The lowest BCUT2D eigenvalue weighted by Crippen LogP contribution is -2.46. The molecule has 3 aromatic rings. The van der Waals surface area contributed by atoms with Crippen molar-refractivity contribution in [3.05, 3.63) is 88.8 Å². The van der Waals surface area contributed by atoms with Gasteiger partial charge < -0.3 is 14.7 Å². The maximum atomic E-state index is 13.9. The highest BCUT2D eigenvalue weighted by atomic mass is 16.5. The molecule has 1 aliphatic carbocycles. The molecule has 0 aliphatic heterocycles. The van der Waals surface area contributed by atoms with Crippen LogP contribution in [-0.4, -0.2) is 27.9 Å². The lowest BCUT2D eigenvalue weighted by Gasteiger charge is -2.32. The Balaban J connectivity index is 1.76. The SMILES string of the molecule is Cc1noc(C)c1C(=O)N(Cc1ccccc1)C(C(=O)NC1CCCC1)c1ccccc1. The minimum Gasteiger partial charge on any atom is -0.361 e. The third kappa shape index (κ3) is 4.74. The van der Waals surface area contributed by atoms with Crippen LogP contribution in [0.2, 0.25) is 0 Å². The summed E-state index contributed by atoms with van der Waals surface area (Å²) >= 11 is 0. The standard InChI is InChI=1S/C26H29N3O3/c1-18-23(19(2)32-28-18)26(31)29(17-20-11-5-3-6-12-20)24(21-13-7-4-8-14-21)25(30)27-22-15-9-10-16-22/h3-8,11-14,22,24H,9-10,15-17H2,1-2H3,(H,27,30). The second kappa shape index (κ2) is 9.81. The molecule has 1 saturated carbocycles. The first kappa shape index (κ1) is 21.8. The molecular weight excluding hydrogens is 402 g/mol. The molecule has 1 N–H and O–H groups in total. The summed E-state index contributed by atoms with van der Waals surface area (Å²) < 4.78 is 5.27. The summed E-state index contributed by atoms with van der Waals surface area (Å²) in [5.74, 6) is 0.0354. The second-order valence-corrected chi connectivity index (χ2v) is 8.42. The highest BCUT2D eigenvalue weighted by Gasteiger charge is 2.35. The molecule has 2 amide bonds. The zero-order valence-corrected chi connectivity index (χ0v) is 18.6. The van der Waals surface area contributed by atoms with Gasteiger partial charge in [0.15, 0.2) is 0 Å². The van der Waals surface area contributed by atoms with E-state index in [-0.39, 0.29) is 17.9 Å². The van der Waals surface area contributed by atoms with Crippen LogP contribution in [-0.2, 0) is 11.3 Å². The summed E-state index contributed by atoms with van der Waals surface area (Å²) in [7, 11) is 0. The molecule has 6 heteroatoms. The molecule has 1 atom stereocenters. The molecule has 6 nitrogen and oxygen atoms in total. The predicted molar refractivity (Wildman–Crippen MR) is 122 cm³/mol. The van der Waals surface area contributed by atoms with Crippen LogP contribution in [0.15, 0.2) is 65.2 Å². The van der Waals surface area contributed by atoms with Crippen LogP contribution in [0.25, 0.3) is 0 Å². The number of benzene rings is 2. The summed E-state index contributed by atoms with van der Waals surface area (Å²) in [6.45, 7) is 3.77. The van der Waals surface area contributed by atoms with Crippen LogP contribution in [0.4, 0.5) is 0 Å². The molecule has 166 valence electrons. The summed E-state index contributed by atoms with van der Waals surface area (Å²) in [5, 5.41) is 7.16. The van der Waals surface area contributed by atoms with Gasteiger partial charge in [-0.1, -0.05) is 78.7 Å². The molecule has 1 aliphatic rings. The van der Waals surface area contributed by atoms with Crippen molar-refractivity contribution in [2.24, 2.45) is 0 Å². The summed E-state index contributed by atoms with van der Waals surface area (Å²) in [5.41, 5.74) is 2.66. The molecule has 0 spiro atoms. The summed E-state index contributed by atoms with van der Waals surface area (Å²) in [4.78, 5) is 29.1. The number of aryl methyl sites for hydroxylation is 2. The quantitative estimate of drug-likeness (QED) is 0.587. The molecular formula is C26H29N3O3. The average Bonchev–Trinajstić information content (AvgIpc) is 3.43. The Morgan fingerprint density at radius 1 is 1.03 bits per heavy atom. The molecule has 1 fully saturated rings. The number of hydrogen-bond acceptors (Lipinski definition) is 4. The van der Waals surface area contributed by atoms with Gasteiger partial charge in [-0.25, -0.2) is 0 Å². The number of carbonyl (C=O) groups excluding carboxylic acids is 2. The lowest BCUT2D eigenvalue weighted by molar-refractivity contribution is -0.126. The van der Waals surface area contributed by atoms with Gasteiger partial charge >= 0.3 is 0 Å². The molecule has 0 bridgehead atoms. The van der Waals surface area contributed by atoms with Gasteiger partial charge in [0.25, 0.3) is 5.91 Å². The highest BCUT2D eigenvalue weighted by Crippen LogP contribution is 2.29. The molecule has 0 saturated heterocycles. The minimum absolute atomic E-state index is 0.154. The van der Waals surface area contributed by atoms with Crippen LogP contribution in [0.5, 0.6) is 0 Å². The van der Waals surface area contributed by atoms with E-state index in [1.165, 1.54) is 0 Å². The number of hydrogen-bond donors (Lipinski definition) is 1. The monoisotopic (exact) mass is 431 g/mol. The van der Waals surface area contributed by atoms with E-state index in [2.05, 4.69) is 10.5 Å². The zero-order chi connectivity index (χ0) is 22.5. The van der Waals surface area contributed by atoms with Crippen LogP contribution >= 0.6 is 0 Å². The number of nitrogens with one attached hydrogen (secondary N) is 1. The molecule has 2 aromatic carbocycles. The topological polar surface area (TPSA) is 75.4 Å². The van der Waals surface area contributed by atoms with Crippen molar-refractivity contribution in [2.45, 2.75) is 58.2 Å². The highest BCUT2D eigenvalue weighted by molar-refractivity contribution is 5.99. The van der Waals surface area contributed by atoms with Gasteiger partial charge in [-0.3, -0.25) is 9.59 Å². The van der Waals surface area contributed by atoms with E-state index in [1.807, 2.05) is 60.7 Å². The van der Waals surface area contributed by atoms with Crippen LogP contribution < -0.4 is 5.32 Å². The van der Waals surface area contributed by atoms with Crippen LogP contribution in [0.1, 0.15) is 64.7 Å². The van der Waals surface area contributed by atoms with Gasteiger partial charge in [0.2, 0.25) is 5.91 Å². The van der Waals surface area contributed by atoms with E-state index in [1.54, 1.807) is 18.7 Å². The molecule has 1 unspecified atom stereocenters. The predicted octanol–water partition coefficient (Wildman–Crippen LogP) is 4.73. The zero-order valence-electron chi connectivity index (χ0n) is 18.6. The Morgan fingerprint density at radius 2 is 1.66 bits per heavy atom. The Kier molecular flexibility index (Phi) is 6.69. The lowest BCUT2D eigenvalue weighted by atomic mass is 10.0. The third-order valence-corrected chi connectivity index (χ3v) is 6.08. The van der Waals surface area contributed by atoms with Crippen molar-refractivity contribution in [1.82, 2.24) is 15.4 Å². The van der Waals surface area contributed by atoms with E-state index >= 15 is 0 Å². The summed E-state index contributed by atoms with van der Waals surface area (Å²) in [6, 6.07) is 18.6. The van der Waals surface area contributed by atoms with Crippen LogP contribution in [0, 0.1) is 13.8 Å². The number of amides is 2. The fraction of sp³-hybridized carbons (Fsp3) is 0.346. The minimum atomic E-state index is -0.766. The largest absolute Gasteiger partial charge is 0.361 e. The van der Waals surface area contributed by atoms with Crippen molar-refractivity contribution in [2.75, 3.05) is 0 Å². The van der Waals surface area contributed by atoms with Gasteiger partial charge in [-0.15, -0.1) is 0 Å². The van der Waals surface area contributed by atoms with Gasteiger partial charge in [-0.2, -0.15) is 0 Å². The number of carbonyl (C=O) groups is 2. The maximum absolute atomic E-state index is 13.9. The number of aromatic nitrogens is 1. The second-order valence-electron chi connectivity index (χ2n) is 8.42. The Morgan fingerprint density at radius 3 is 2.25 bits per heavy atom. The third-order valence-electron chi connectivity index (χ3n) is 6.08. The van der Waals surface area contributed by atoms with E-state index in [9.17, 15) is 9.59 Å². The molecule has 4 rings (SSSR count). The maximum Gasteiger partial charge on any atom is 0.260 e. The van der Waals surface area contributed by atoms with E-state index in [4.69, 9.17) is 4.52 Å².